The van der Waals surface area contributed by atoms with E-state index < -0.39 is 0 Å². The first-order chi connectivity index (χ1) is 7.72. The van der Waals surface area contributed by atoms with Crippen LogP contribution in [0.25, 0.3) is 0 Å². The Morgan fingerprint density at radius 2 is 2.44 bits per heavy atom. The van der Waals surface area contributed by atoms with Gasteiger partial charge < -0.3 is 9.30 Å². The van der Waals surface area contributed by atoms with Gasteiger partial charge in [-0.2, -0.15) is 0 Å². The van der Waals surface area contributed by atoms with Crippen LogP contribution in [0, 0.1) is 6.92 Å². The molecule has 5 heteroatoms. The van der Waals surface area contributed by atoms with E-state index in [0.717, 1.165) is 5.82 Å². The zero-order valence-corrected chi connectivity index (χ0v) is 9.95. The first-order valence-electron chi connectivity index (χ1n) is 4.85. The van der Waals surface area contributed by atoms with Crippen molar-refractivity contribution < 1.29 is 9.53 Å². The van der Waals surface area contributed by atoms with Crippen molar-refractivity contribution in [1.82, 2.24) is 9.55 Å². The molecule has 0 N–H and O–H groups in total. The lowest BCUT2D eigenvalue weighted by Gasteiger charge is -2.07. The largest absolute Gasteiger partial charge is 0.464 e. The molecule has 84 valence electrons. The molecule has 0 aliphatic carbocycles. The average molecular weight is 236 g/mol. The second kappa shape index (κ2) is 4.49. The van der Waals surface area contributed by atoms with E-state index >= 15 is 0 Å². The van der Waals surface area contributed by atoms with Gasteiger partial charge in [0.2, 0.25) is 0 Å². The van der Waals surface area contributed by atoms with Crippen molar-refractivity contribution >= 4 is 17.3 Å². The number of nitrogens with zero attached hydrogens (tertiary/aromatic N) is 2. The molecule has 4 nitrogen and oxygen atoms in total. The van der Waals surface area contributed by atoms with Crippen LogP contribution in [-0.2, 0) is 11.3 Å². The number of carbonyl (C=O) groups excluding carboxylic acids is 1. The number of hydrogen-bond donors (Lipinski definition) is 0. The molecule has 0 fully saturated rings. The van der Waals surface area contributed by atoms with E-state index in [9.17, 15) is 4.79 Å². The van der Waals surface area contributed by atoms with Gasteiger partial charge in [-0.1, -0.05) is 6.07 Å². The molecule has 0 aromatic carbocycles. The highest BCUT2D eigenvalue weighted by molar-refractivity contribution is 7.09. The number of imidazole rings is 1. The van der Waals surface area contributed by atoms with Gasteiger partial charge in [-0.05, 0) is 18.4 Å². The minimum Gasteiger partial charge on any atom is -0.464 e. The lowest BCUT2D eigenvalue weighted by atomic mass is 10.4. The normalized spacial score (nSPS) is 10.4. The first-order valence-corrected chi connectivity index (χ1v) is 5.73. The Kier molecular flexibility index (Phi) is 3.05. The number of carbonyl (C=O) groups is 1. The van der Waals surface area contributed by atoms with E-state index in [-0.39, 0.29) is 5.97 Å². The highest BCUT2D eigenvalue weighted by Crippen LogP contribution is 2.14. The molecule has 0 amide bonds. The van der Waals surface area contributed by atoms with Crippen LogP contribution in [-0.4, -0.2) is 22.6 Å². The Morgan fingerprint density at radius 3 is 3.06 bits per heavy atom. The number of ether oxygens (including phenoxy) is 1. The number of esters is 1. The van der Waals surface area contributed by atoms with Crippen molar-refractivity contribution in [1.29, 1.82) is 0 Å². The molecule has 0 aliphatic heterocycles. The Balaban J connectivity index is 2.32. The van der Waals surface area contributed by atoms with Crippen molar-refractivity contribution in [2.45, 2.75) is 13.5 Å². The molecule has 2 heterocycles. The highest BCUT2D eigenvalue weighted by Gasteiger charge is 2.15. The summed E-state index contributed by atoms with van der Waals surface area (Å²) in [7, 11) is 1.38. The smallest absolute Gasteiger partial charge is 0.356 e. The molecule has 0 atom stereocenters. The quantitative estimate of drug-likeness (QED) is 0.766. The van der Waals surface area contributed by atoms with Gasteiger partial charge in [0.1, 0.15) is 11.5 Å². The summed E-state index contributed by atoms with van der Waals surface area (Å²) in [5.74, 6) is 0.464. The summed E-state index contributed by atoms with van der Waals surface area (Å²) in [6, 6.07) is 4.02. The lowest BCUT2D eigenvalue weighted by molar-refractivity contribution is 0.0588. The molecule has 0 saturated carbocycles. The summed E-state index contributed by atoms with van der Waals surface area (Å²) in [4.78, 5) is 16.8. The molecule has 0 saturated heterocycles. The van der Waals surface area contributed by atoms with Crippen molar-refractivity contribution in [3.05, 3.63) is 40.1 Å². The first kappa shape index (κ1) is 10.9. The summed E-state index contributed by atoms with van der Waals surface area (Å²) in [6.07, 6.45) is 1.55. The molecule has 2 aromatic heterocycles. The van der Waals surface area contributed by atoms with Crippen LogP contribution in [0.15, 0.2) is 23.7 Å². The number of rotatable bonds is 3. The zero-order chi connectivity index (χ0) is 11.5. The summed E-state index contributed by atoms with van der Waals surface area (Å²) in [6.45, 7) is 2.54. The maximum absolute atomic E-state index is 11.5. The van der Waals surface area contributed by atoms with E-state index in [1.165, 1.54) is 12.0 Å². The molecule has 0 aliphatic rings. The third-order valence-electron chi connectivity index (χ3n) is 2.34. The maximum Gasteiger partial charge on any atom is 0.356 e. The molecule has 2 aromatic rings. The lowest BCUT2D eigenvalue weighted by Crippen LogP contribution is -2.12. The van der Waals surface area contributed by atoms with Gasteiger partial charge in [-0.25, -0.2) is 9.78 Å². The van der Waals surface area contributed by atoms with E-state index in [0.29, 0.717) is 12.2 Å². The van der Waals surface area contributed by atoms with E-state index in [1.54, 1.807) is 17.5 Å². The predicted octanol–water partition coefficient (Wildman–Crippen LogP) is 2.09. The fourth-order valence-corrected chi connectivity index (χ4v) is 2.19. The van der Waals surface area contributed by atoms with Crippen molar-refractivity contribution in [3.8, 4) is 0 Å². The fraction of sp³-hybridized carbons (Fsp3) is 0.273. The second-order valence-electron chi connectivity index (χ2n) is 3.35. The minimum absolute atomic E-state index is 0.350. The number of hydrogen-bond acceptors (Lipinski definition) is 4. The second-order valence-corrected chi connectivity index (χ2v) is 4.38. The number of aryl methyl sites for hydroxylation is 1. The summed E-state index contributed by atoms with van der Waals surface area (Å²) < 4.78 is 6.57. The third-order valence-corrected chi connectivity index (χ3v) is 3.20. The maximum atomic E-state index is 11.5. The van der Waals surface area contributed by atoms with E-state index in [4.69, 9.17) is 4.74 Å². The molecule has 2 rings (SSSR count). The Morgan fingerprint density at radius 1 is 1.62 bits per heavy atom. The number of aromatic nitrogens is 2. The van der Waals surface area contributed by atoms with Gasteiger partial charge in [-0.3, -0.25) is 0 Å². The van der Waals surface area contributed by atoms with Crippen LogP contribution in [0.3, 0.4) is 0 Å². The Hall–Kier alpha value is -1.62. The molecule has 0 bridgehead atoms. The van der Waals surface area contributed by atoms with Gasteiger partial charge in [0.05, 0.1) is 19.9 Å². The van der Waals surface area contributed by atoms with Gasteiger partial charge >= 0.3 is 5.97 Å². The van der Waals surface area contributed by atoms with E-state index in [2.05, 4.69) is 4.98 Å². The zero-order valence-electron chi connectivity index (χ0n) is 9.14. The standard InChI is InChI=1S/C11H12N2O2S/c1-8-12-6-10(11(14)15-2)13(8)7-9-4-3-5-16-9/h3-6H,7H2,1-2H3. The Bertz CT molecular complexity index is 488. The number of methoxy groups -OCH3 is 1. The van der Waals surface area contributed by atoms with E-state index in [1.807, 2.05) is 29.0 Å². The van der Waals surface area contributed by atoms with Crippen LogP contribution in [0.1, 0.15) is 21.2 Å². The summed E-state index contributed by atoms with van der Waals surface area (Å²) >= 11 is 1.66. The average Bonchev–Trinajstić information content (AvgIpc) is 2.90. The third kappa shape index (κ3) is 1.99. The summed E-state index contributed by atoms with van der Waals surface area (Å²) in [5.41, 5.74) is 0.494. The molecule has 0 unspecified atom stereocenters. The van der Waals surface area contributed by atoms with Gasteiger partial charge in [0, 0.05) is 4.88 Å². The number of thiophene rings is 1. The Labute approximate surface area is 97.5 Å². The predicted molar refractivity (Wildman–Crippen MR) is 61.7 cm³/mol. The van der Waals surface area contributed by atoms with Crippen LogP contribution in [0.2, 0.25) is 0 Å². The summed E-state index contributed by atoms with van der Waals surface area (Å²) in [5, 5.41) is 2.01. The SMILES string of the molecule is COC(=O)c1cnc(C)n1Cc1cccs1. The molecule has 0 radical (unpaired) electrons. The van der Waals surface area contributed by atoms with Gasteiger partial charge in [-0.15, -0.1) is 11.3 Å². The molecular formula is C11H12N2O2S. The van der Waals surface area contributed by atoms with Crippen LogP contribution >= 0.6 is 11.3 Å². The topological polar surface area (TPSA) is 44.1 Å². The van der Waals surface area contributed by atoms with Crippen molar-refractivity contribution in [2.24, 2.45) is 0 Å². The van der Waals surface area contributed by atoms with Crippen molar-refractivity contribution in [2.75, 3.05) is 7.11 Å². The van der Waals surface area contributed by atoms with Gasteiger partial charge in [0.25, 0.3) is 0 Å². The van der Waals surface area contributed by atoms with Crippen LogP contribution in [0.4, 0.5) is 0 Å². The minimum atomic E-state index is -0.350. The fourth-order valence-electron chi connectivity index (χ4n) is 1.49. The monoisotopic (exact) mass is 236 g/mol. The highest BCUT2D eigenvalue weighted by atomic mass is 32.1. The van der Waals surface area contributed by atoms with Gasteiger partial charge in [0.15, 0.2) is 0 Å². The molecule has 16 heavy (non-hydrogen) atoms. The van der Waals surface area contributed by atoms with Crippen LogP contribution < -0.4 is 0 Å². The molecule has 0 spiro atoms. The molecular weight excluding hydrogens is 224 g/mol. The van der Waals surface area contributed by atoms with Crippen molar-refractivity contribution in [3.63, 3.8) is 0 Å². The van der Waals surface area contributed by atoms with Crippen LogP contribution in [0.5, 0.6) is 0 Å².